The predicted octanol–water partition coefficient (Wildman–Crippen LogP) is 2.67. The van der Waals surface area contributed by atoms with Gasteiger partial charge in [-0.05, 0) is 42.8 Å². The van der Waals surface area contributed by atoms with E-state index in [4.69, 9.17) is 19.9 Å². The van der Waals surface area contributed by atoms with Gasteiger partial charge in [-0.3, -0.25) is 9.69 Å². The fourth-order valence-corrected chi connectivity index (χ4v) is 3.66. The Kier molecular flexibility index (Phi) is 7.79. The summed E-state index contributed by atoms with van der Waals surface area (Å²) in [4.78, 5) is 15.7. The molecule has 30 heavy (non-hydrogen) atoms. The van der Waals surface area contributed by atoms with Gasteiger partial charge >= 0.3 is 0 Å². The van der Waals surface area contributed by atoms with Gasteiger partial charge in [-0.25, -0.2) is 0 Å². The minimum atomic E-state index is -0.228. The standard InChI is InChI=1S/C23H31N3O4/c1-28-21-10-9-18(16-22(21)29-2)17-30-20-7-4-3-6-19(20)26-14-12-25(13-15-26)11-5-8-23(24)27/h3-4,6-7,9-10,16H,5,8,11-15,17H2,1-2H3,(H2,24,27). The summed E-state index contributed by atoms with van der Waals surface area (Å²) >= 11 is 0. The highest BCUT2D eigenvalue weighted by Crippen LogP contribution is 2.31. The molecular weight excluding hydrogens is 382 g/mol. The lowest BCUT2D eigenvalue weighted by molar-refractivity contribution is -0.118. The van der Waals surface area contributed by atoms with Crippen LogP contribution in [0.5, 0.6) is 17.2 Å². The number of hydrogen-bond acceptors (Lipinski definition) is 6. The lowest BCUT2D eigenvalue weighted by Crippen LogP contribution is -2.46. The number of para-hydroxylation sites is 2. The Morgan fingerprint density at radius 3 is 2.40 bits per heavy atom. The van der Waals surface area contributed by atoms with Crippen LogP contribution in [0.4, 0.5) is 5.69 Å². The zero-order chi connectivity index (χ0) is 21.3. The van der Waals surface area contributed by atoms with E-state index < -0.39 is 0 Å². The second-order valence-corrected chi connectivity index (χ2v) is 7.34. The Bertz CT molecular complexity index is 835. The Balaban J connectivity index is 1.58. The van der Waals surface area contributed by atoms with Gasteiger partial charge in [0.2, 0.25) is 5.91 Å². The van der Waals surface area contributed by atoms with Crippen molar-refractivity contribution < 1.29 is 19.0 Å². The second kappa shape index (κ2) is 10.7. The van der Waals surface area contributed by atoms with E-state index >= 15 is 0 Å². The number of carbonyl (C=O) groups is 1. The highest BCUT2D eigenvalue weighted by atomic mass is 16.5. The molecule has 0 saturated carbocycles. The van der Waals surface area contributed by atoms with Gasteiger partial charge in [-0.1, -0.05) is 18.2 Å². The van der Waals surface area contributed by atoms with Crippen molar-refractivity contribution in [2.45, 2.75) is 19.4 Å². The quantitative estimate of drug-likeness (QED) is 0.645. The van der Waals surface area contributed by atoms with Crippen molar-refractivity contribution in [3.63, 3.8) is 0 Å². The highest BCUT2D eigenvalue weighted by Gasteiger charge is 2.19. The van der Waals surface area contributed by atoms with Crippen LogP contribution < -0.4 is 24.8 Å². The smallest absolute Gasteiger partial charge is 0.217 e. The number of primary amides is 1. The molecule has 0 aliphatic carbocycles. The third kappa shape index (κ3) is 5.79. The molecule has 0 bridgehead atoms. The number of methoxy groups -OCH3 is 2. The van der Waals surface area contributed by atoms with Crippen molar-refractivity contribution in [1.29, 1.82) is 0 Å². The van der Waals surface area contributed by atoms with Crippen molar-refractivity contribution in [2.24, 2.45) is 5.73 Å². The molecule has 1 saturated heterocycles. The molecule has 7 nitrogen and oxygen atoms in total. The molecule has 7 heteroatoms. The number of nitrogens with two attached hydrogens (primary N) is 1. The molecule has 0 radical (unpaired) electrons. The van der Waals surface area contributed by atoms with Crippen LogP contribution in [0.2, 0.25) is 0 Å². The molecule has 2 aromatic rings. The maximum absolute atomic E-state index is 10.9. The molecule has 2 N–H and O–H groups in total. The highest BCUT2D eigenvalue weighted by molar-refractivity contribution is 5.73. The average molecular weight is 414 g/mol. The molecule has 1 fully saturated rings. The number of anilines is 1. The van der Waals surface area contributed by atoms with Crippen molar-refractivity contribution >= 4 is 11.6 Å². The summed E-state index contributed by atoms with van der Waals surface area (Å²) in [7, 11) is 3.26. The zero-order valence-electron chi connectivity index (χ0n) is 17.8. The van der Waals surface area contributed by atoms with Crippen LogP contribution in [0.3, 0.4) is 0 Å². The lowest BCUT2D eigenvalue weighted by Gasteiger charge is -2.36. The van der Waals surface area contributed by atoms with E-state index in [-0.39, 0.29) is 5.91 Å². The van der Waals surface area contributed by atoms with Crippen LogP contribution in [0, 0.1) is 0 Å². The number of carbonyl (C=O) groups excluding carboxylic acids is 1. The summed E-state index contributed by atoms with van der Waals surface area (Å²) in [6.07, 6.45) is 1.27. The molecule has 1 amide bonds. The average Bonchev–Trinajstić information content (AvgIpc) is 2.78. The lowest BCUT2D eigenvalue weighted by atomic mass is 10.2. The number of benzene rings is 2. The molecule has 0 aromatic heterocycles. The summed E-state index contributed by atoms with van der Waals surface area (Å²) in [5.41, 5.74) is 7.35. The normalized spacial score (nSPS) is 14.4. The predicted molar refractivity (Wildman–Crippen MR) is 117 cm³/mol. The Morgan fingerprint density at radius 2 is 1.70 bits per heavy atom. The van der Waals surface area contributed by atoms with Crippen LogP contribution in [-0.4, -0.2) is 57.8 Å². The van der Waals surface area contributed by atoms with Crippen molar-refractivity contribution in [1.82, 2.24) is 4.90 Å². The first kappa shape index (κ1) is 21.8. The van der Waals surface area contributed by atoms with Gasteiger partial charge in [0.1, 0.15) is 12.4 Å². The van der Waals surface area contributed by atoms with Crippen molar-refractivity contribution in [3.8, 4) is 17.2 Å². The summed E-state index contributed by atoms with van der Waals surface area (Å²) in [6, 6.07) is 14.0. The topological polar surface area (TPSA) is 77.3 Å². The molecule has 162 valence electrons. The molecule has 0 atom stereocenters. The number of nitrogens with zero attached hydrogens (tertiary/aromatic N) is 2. The van der Waals surface area contributed by atoms with E-state index in [0.29, 0.717) is 24.5 Å². The van der Waals surface area contributed by atoms with Crippen LogP contribution in [-0.2, 0) is 11.4 Å². The Labute approximate surface area is 178 Å². The van der Waals surface area contributed by atoms with Gasteiger partial charge in [-0.15, -0.1) is 0 Å². The number of hydrogen-bond donors (Lipinski definition) is 1. The first-order valence-corrected chi connectivity index (χ1v) is 10.3. The van der Waals surface area contributed by atoms with Crippen molar-refractivity contribution in [2.75, 3.05) is 51.8 Å². The number of amides is 1. The van der Waals surface area contributed by atoms with Gasteiger partial charge in [0.05, 0.1) is 19.9 Å². The van der Waals surface area contributed by atoms with Gasteiger partial charge in [-0.2, -0.15) is 0 Å². The maximum Gasteiger partial charge on any atom is 0.217 e. The summed E-state index contributed by atoms with van der Waals surface area (Å²) < 4.78 is 16.8. The van der Waals surface area contributed by atoms with E-state index in [1.807, 2.05) is 36.4 Å². The third-order valence-corrected chi connectivity index (χ3v) is 5.32. The summed E-state index contributed by atoms with van der Waals surface area (Å²) in [5.74, 6) is 2.04. The Morgan fingerprint density at radius 1 is 0.967 bits per heavy atom. The SMILES string of the molecule is COc1ccc(COc2ccccc2N2CCN(CCCC(N)=O)CC2)cc1OC. The van der Waals surface area contributed by atoms with Gasteiger partial charge < -0.3 is 24.8 Å². The van der Waals surface area contributed by atoms with Crippen LogP contribution in [0.25, 0.3) is 0 Å². The number of rotatable bonds is 10. The largest absolute Gasteiger partial charge is 0.493 e. The van der Waals surface area contributed by atoms with E-state index in [1.54, 1.807) is 14.2 Å². The van der Waals surface area contributed by atoms with E-state index in [0.717, 1.165) is 56.1 Å². The first-order chi connectivity index (χ1) is 14.6. The van der Waals surface area contributed by atoms with Gasteiger partial charge in [0.25, 0.3) is 0 Å². The summed E-state index contributed by atoms with van der Waals surface area (Å²) in [6.45, 7) is 5.13. The van der Waals surface area contributed by atoms with Gasteiger partial charge in [0, 0.05) is 32.6 Å². The van der Waals surface area contributed by atoms with E-state index in [1.165, 1.54) is 0 Å². The third-order valence-electron chi connectivity index (χ3n) is 5.32. The van der Waals surface area contributed by atoms with Gasteiger partial charge in [0.15, 0.2) is 11.5 Å². The number of ether oxygens (including phenoxy) is 3. The molecule has 3 rings (SSSR count). The molecule has 0 unspecified atom stereocenters. The molecular formula is C23H31N3O4. The minimum Gasteiger partial charge on any atom is -0.493 e. The monoisotopic (exact) mass is 413 g/mol. The molecule has 1 aliphatic rings. The van der Waals surface area contributed by atoms with Crippen LogP contribution in [0.15, 0.2) is 42.5 Å². The van der Waals surface area contributed by atoms with E-state index in [9.17, 15) is 4.79 Å². The van der Waals surface area contributed by atoms with Crippen molar-refractivity contribution in [3.05, 3.63) is 48.0 Å². The Hall–Kier alpha value is -2.93. The maximum atomic E-state index is 10.9. The molecule has 0 spiro atoms. The van der Waals surface area contributed by atoms with Crippen LogP contribution in [0.1, 0.15) is 18.4 Å². The molecule has 2 aromatic carbocycles. The van der Waals surface area contributed by atoms with Crippen LogP contribution >= 0.6 is 0 Å². The second-order valence-electron chi connectivity index (χ2n) is 7.34. The first-order valence-electron chi connectivity index (χ1n) is 10.3. The minimum absolute atomic E-state index is 0.228. The fourth-order valence-electron chi connectivity index (χ4n) is 3.66. The molecule has 1 aliphatic heterocycles. The molecule has 1 heterocycles. The fraction of sp³-hybridized carbons (Fsp3) is 0.435. The van der Waals surface area contributed by atoms with E-state index in [2.05, 4.69) is 15.9 Å². The summed E-state index contributed by atoms with van der Waals surface area (Å²) in [5, 5.41) is 0. The zero-order valence-corrected chi connectivity index (χ0v) is 17.8. The number of piperazine rings is 1.